The molecule has 3 rings (SSSR count). The Morgan fingerprint density at radius 3 is 2.76 bits per heavy atom. The lowest BCUT2D eigenvalue weighted by Crippen LogP contribution is -2.52. The summed E-state index contributed by atoms with van der Waals surface area (Å²) in [4.78, 5) is 11.4. The van der Waals surface area contributed by atoms with Crippen molar-refractivity contribution in [3.63, 3.8) is 0 Å². The van der Waals surface area contributed by atoms with Gasteiger partial charge in [0.25, 0.3) is 0 Å². The Hall–Kier alpha value is -1.00. The Labute approximate surface area is 102 Å². The van der Waals surface area contributed by atoms with Gasteiger partial charge in [0.15, 0.2) is 0 Å². The molecule has 0 aliphatic carbocycles. The smallest absolute Gasteiger partial charge is 0.134 e. The van der Waals surface area contributed by atoms with Gasteiger partial charge in [-0.05, 0) is 25.8 Å². The molecule has 0 saturated carbocycles. The topological polar surface area (TPSA) is 38.2 Å². The van der Waals surface area contributed by atoms with Gasteiger partial charge in [-0.2, -0.15) is 0 Å². The van der Waals surface area contributed by atoms with Crippen molar-refractivity contribution < 1.29 is 4.74 Å². The van der Waals surface area contributed by atoms with Crippen LogP contribution in [0.4, 0.5) is 0 Å². The van der Waals surface area contributed by atoms with E-state index in [1.54, 1.807) is 0 Å². The molecular weight excluding hydrogens is 214 g/mol. The van der Waals surface area contributed by atoms with Crippen LogP contribution in [-0.4, -0.2) is 47.2 Å². The quantitative estimate of drug-likeness (QED) is 0.773. The maximum absolute atomic E-state index is 5.39. The number of aryl methyl sites for hydroxylation is 1. The number of nitrogens with zero attached hydrogens (tertiary/aromatic N) is 3. The highest BCUT2D eigenvalue weighted by Gasteiger charge is 2.35. The summed E-state index contributed by atoms with van der Waals surface area (Å²) in [5, 5.41) is 0. The van der Waals surface area contributed by atoms with Gasteiger partial charge in [0.05, 0.1) is 0 Å². The Bertz CT molecular complexity index is 384. The van der Waals surface area contributed by atoms with Crippen molar-refractivity contribution in [3.05, 3.63) is 23.8 Å². The van der Waals surface area contributed by atoms with Crippen LogP contribution in [0.15, 0.2) is 12.3 Å². The summed E-state index contributed by atoms with van der Waals surface area (Å²) in [5.74, 6) is 1.56. The summed E-state index contributed by atoms with van der Waals surface area (Å²) >= 11 is 0. The zero-order valence-corrected chi connectivity index (χ0v) is 10.3. The molecule has 2 aliphatic heterocycles. The van der Waals surface area contributed by atoms with E-state index in [9.17, 15) is 0 Å². The lowest BCUT2D eigenvalue weighted by atomic mass is 9.94. The minimum absolute atomic E-state index is 0.540. The first-order valence-corrected chi connectivity index (χ1v) is 6.44. The third-order valence-electron chi connectivity index (χ3n) is 3.80. The number of aromatic nitrogens is 2. The number of rotatable bonds is 2. The highest BCUT2D eigenvalue weighted by atomic mass is 16.5. The van der Waals surface area contributed by atoms with E-state index in [-0.39, 0.29) is 0 Å². The van der Waals surface area contributed by atoms with Crippen LogP contribution in [0.1, 0.15) is 30.3 Å². The summed E-state index contributed by atoms with van der Waals surface area (Å²) in [6.07, 6.45) is 4.23. The molecule has 2 saturated heterocycles. The van der Waals surface area contributed by atoms with E-state index in [0.717, 1.165) is 43.9 Å². The van der Waals surface area contributed by atoms with E-state index >= 15 is 0 Å². The van der Waals surface area contributed by atoms with E-state index in [2.05, 4.69) is 14.9 Å². The second-order valence-corrected chi connectivity index (χ2v) is 5.05. The molecule has 0 amide bonds. The van der Waals surface area contributed by atoms with Crippen LogP contribution >= 0.6 is 0 Å². The van der Waals surface area contributed by atoms with E-state index in [1.165, 1.54) is 12.8 Å². The summed E-state index contributed by atoms with van der Waals surface area (Å²) in [5.41, 5.74) is 1.07. The van der Waals surface area contributed by atoms with Crippen molar-refractivity contribution >= 4 is 0 Å². The van der Waals surface area contributed by atoms with Crippen molar-refractivity contribution in [1.29, 1.82) is 0 Å². The zero-order valence-electron chi connectivity index (χ0n) is 10.3. The van der Waals surface area contributed by atoms with Gasteiger partial charge < -0.3 is 4.74 Å². The van der Waals surface area contributed by atoms with E-state index in [4.69, 9.17) is 4.74 Å². The lowest BCUT2D eigenvalue weighted by molar-refractivity contribution is 0.000312. The fourth-order valence-corrected chi connectivity index (χ4v) is 2.69. The molecule has 0 bridgehead atoms. The lowest BCUT2D eigenvalue weighted by Gasteiger charge is -2.44. The minimum atomic E-state index is 0.540. The van der Waals surface area contributed by atoms with E-state index < -0.39 is 0 Å². The van der Waals surface area contributed by atoms with Crippen LogP contribution in [0.2, 0.25) is 0 Å². The van der Waals surface area contributed by atoms with E-state index in [1.807, 2.05) is 19.2 Å². The molecule has 0 radical (unpaired) electrons. The second-order valence-electron chi connectivity index (χ2n) is 5.05. The molecule has 4 nitrogen and oxygen atoms in total. The Morgan fingerprint density at radius 2 is 2.06 bits per heavy atom. The van der Waals surface area contributed by atoms with Crippen LogP contribution < -0.4 is 0 Å². The molecular formula is C13H19N3O. The van der Waals surface area contributed by atoms with Crippen LogP contribution in [0.25, 0.3) is 0 Å². The van der Waals surface area contributed by atoms with Gasteiger partial charge in [0.1, 0.15) is 5.82 Å². The summed E-state index contributed by atoms with van der Waals surface area (Å²) < 4.78 is 5.39. The summed E-state index contributed by atoms with van der Waals surface area (Å²) in [6.45, 7) is 6.11. The first-order valence-electron chi connectivity index (χ1n) is 6.44. The molecule has 1 aromatic heterocycles. The zero-order chi connectivity index (χ0) is 11.7. The fourth-order valence-electron chi connectivity index (χ4n) is 2.69. The average molecular weight is 233 g/mol. The molecule has 0 atom stereocenters. The van der Waals surface area contributed by atoms with Gasteiger partial charge in [-0.25, -0.2) is 9.97 Å². The largest absolute Gasteiger partial charge is 0.381 e. The molecule has 0 spiro atoms. The average Bonchev–Trinajstić information content (AvgIpc) is 2.28. The van der Waals surface area contributed by atoms with Gasteiger partial charge in [-0.1, -0.05) is 0 Å². The van der Waals surface area contributed by atoms with Crippen molar-refractivity contribution in [3.8, 4) is 0 Å². The van der Waals surface area contributed by atoms with Crippen LogP contribution in [-0.2, 0) is 4.74 Å². The molecule has 0 N–H and O–H groups in total. The molecule has 17 heavy (non-hydrogen) atoms. The maximum Gasteiger partial charge on any atom is 0.134 e. The van der Waals surface area contributed by atoms with Gasteiger partial charge in [-0.15, -0.1) is 0 Å². The van der Waals surface area contributed by atoms with Crippen molar-refractivity contribution in [2.45, 2.75) is 31.7 Å². The minimum Gasteiger partial charge on any atom is -0.381 e. The fraction of sp³-hybridized carbons (Fsp3) is 0.692. The van der Waals surface area contributed by atoms with Gasteiger partial charge in [0, 0.05) is 50.2 Å². The van der Waals surface area contributed by atoms with Crippen molar-refractivity contribution in [2.24, 2.45) is 0 Å². The highest BCUT2D eigenvalue weighted by molar-refractivity contribution is 5.09. The first kappa shape index (κ1) is 11.1. The Kier molecular flexibility index (Phi) is 3.07. The second kappa shape index (κ2) is 4.70. The SMILES string of the molecule is Cc1ccnc(C2CN(C3CCOCC3)C2)n1. The molecule has 92 valence electrons. The van der Waals surface area contributed by atoms with Gasteiger partial charge >= 0.3 is 0 Å². The van der Waals surface area contributed by atoms with Crippen molar-refractivity contribution in [2.75, 3.05) is 26.3 Å². The monoisotopic (exact) mass is 233 g/mol. The Morgan fingerprint density at radius 1 is 1.29 bits per heavy atom. The highest BCUT2D eigenvalue weighted by Crippen LogP contribution is 2.29. The molecule has 1 aromatic rings. The third kappa shape index (κ3) is 2.33. The predicted molar refractivity (Wildman–Crippen MR) is 64.9 cm³/mol. The number of likely N-dealkylation sites (tertiary alicyclic amines) is 1. The molecule has 2 fully saturated rings. The van der Waals surface area contributed by atoms with Crippen molar-refractivity contribution in [1.82, 2.24) is 14.9 Å². The summed E-state index contributed by atoms with van der Waals surface area (Å²) in [6, 6.07) is 2.68. The molecule has 4 heteroatoms. The van der Waals surface area contributed by atoms with E-state index in [0.29, 0.717) is 5.92 Å². The van der Waals surface area contributed by atoms with Crippen LogP contribution in [0.3, 0.4) is 0 Å². The maximum atomic E-state index is 5.39. The van der Waals surface area contributed by atoms with Crippen LogP contribution in [0, 0.1) is 6.92 Å². The van der Waals surface area contributed by atoms with Gasteiger partial charge in [-0.3, -0.25) is 4.90 Å². The first-order chi connectivity index (χ1) is 8.33. The normalized spacial score (nSPS) is 23.6. The third-order valence-corrected chi connectivity index (χ3v) is 3.80. The van der Waals surface area contributed by atoms with Gasteiger partial charge in [0.2, 0.25) is 0 Å². The molecule has 2 aliphatic rings. The number of hydrogen-bond donors (Lipinski definition) is 0. The standard InChI is InChI=1S/C13H19N3O/c1-10-2-5-14-13(15-10)11-8-16(9-11)12-3-6-17-7-4-12/h2,5,11-12H,3-4,6-9H2,1H3. The molecule has 0 unspecified atom stereocenters. The summed E-state index contributed by atoms with van der Waals surface area (Å²) in [7, 11) is 0. The van der Waals surface area contributed by atoms with Crippen LogP contribution in [0.5, 0.6) is 0 Å². The predicted octanol–water partition coefficient (Wildman–Crippen LogP) is 1.36. The Balaban J connectivity index is 1.57. The molecule has 0 aromatic carbocycles. The number of hydrogen-bond acceptors (Lipinski definition) is 4. The number of ether oxygens (including phenoxy) is 1. The molecule has 3 heterocycles.